The molecule has 1 atom stereocenters. The molecule has 0 bridgehead atoms. The van der Waals surface area contributed by atoms with Gasteiger partial charge in [0.15, 0.2) is 5.82 Å². The summed E-state index contributed by atoms with van der Waals surface area (Å²) in [6.45, 7) is 3.69. The van der Waals surface area contributed by atoms with Crippen LogP contribution in [-0.4, -0.2) is 44.7 Å². The first-order valence-electron chi connectivity index (χ1n) is 12.9. The second-order valence-corrected chi connectivity index (χ2v) is 9.64. The van der Waals surface area contributed by atoms with Crippen molar-refractivity contribution in [2.75, 3.05) is 28.6 Å². The molecule has 1 unspecified atom stereocenters. The third-order valence-electron chi connectivity index (χ3n) is 7.05. The molecular formula is C30H28N8O. The van der Waals surface area contributed by atoms with Gasteiger partial charge in [-0.2, -0.15) is 0 Å². The molecular weight excluding hydrogens is 488 g/mol. The van der Waals surface area contributed by atoms with Gasteiger partial charge in [0.05, 0.1) is 23.3 Å². The minimum atomic E-state index is -0.328. The number of amides is 2. The Morgan fingerprint density at radius 1 is 0.949 bits per heavy atom. The lowest BCUT2D eigenvalue weighted by molar-refractivity contribution is 0.262. The van der Waals surface area contributed by atoms with Gasteiger partial charge in [0.1, 0.15) is 0 Å². The van der Waals surface area contributed by atoms with Crippen LogP contribution in [0.1, 0.15) is 23.6 Å². The van der Waals surface area contributed by atoms with Crippen molar-refractivity contribution in [3.05, 3.63) is 102 Å². The van der Waals surface area contributed by atoms with Crippen molar-refractivity contribution in [1.82, 2.24) is 25.6 Å². The van der Waals surface area contributed by atoms with Gasteiger partial charge in [-0.25, -0.2) is 9.89 Å². The van der Waals surface area contributed by atoms with E-state index in [1.807, 2.05) is 55.5 Å². The number of aromatic amines is 1. The smallest absolute Gasteiger partial charge is 0.323 e. The number of pyridine rings is 1. The number of carbonyl (C=O) groups excluding carboxylic acids is 1. The Kier molecular flexibility index (Phi) is 6.69. The number of hydrogen-bond acceptors (Lipinski definition) is 6. The topological polar surface area (TPSA) is 112 Å². The predicted molar refractivity (Wildman–Crippen MR) is 153 cm³/mol. The lowest BCUT2D eigenvalue weighted by atomic mass is 9.98. The highest BCUT2D eigenvalue weighted by Gasteiger charge is 2.26. The molecule has 3 aromatic carbocycles. The van der Waals surface area contributed by atoms with Gasteiger partial charge in [0, 0.05) is 30.3 Å². The summed E-state index contributed by atoms with van der Waals surface area (Å²) >= 11 is 0. The highest BCUT2D eigenvalue weighted by molar-refractivity contribution is 6.02. The maximum absolute atomic E-state index is 13.1. The summed E-state index contributed by atoms with van der Waals surface area (Å²) in [5.41, 5.74) is 7.33. The molecule has 1 aliphatic heterocycles. The van der Waals surface area contributed by atoms with Crippen LogP contribution >= 0.6 is 0 Å². The molecule has 194 valence electrons. The van der Waals surface area contributed by atoms with Crippen LogP contribution in [-0.2, 0) is 0 Å². The first kappa shape index (κ1) is 24.3. The monoisotopic (exact) mass is 516 g/mol. The summed E-state index contributed by atoms with van der Waals surface area (Å²) in [7, 11) is 0. The average Bonchev–Trinajstić information content (AvgIpc) is 3.68. The van der Waals surface area contributed by atoms with Crippen molar-refractivity contribution in [2.45, 2.75) is 19.3 Å². The Labute approximate surface area is 226 Å². The van der Waals surface area contributed by atoms with Gasteiger partial charge in [0.25, 0.3) is 0 Å². The van der Waals surface area contributed by atoms with Crippen LogP contribution in [0, 0.1) is 6.92 Å². The van der Waals surface area contributed by atoms with Crippen molar-refractivity contribution in [1.29, 1.82) is 0 Å². The third-order valence-corrected chi connectivity index (χ3v) is 7.05. The predicted octanol–water partition coefficient (Wildman–Crippen LogP) is 5.88. The second-order valence-electron chi connectivity index (χ2n) is 9.64. The van der Waals surface area contributed by atoms with Gasteiger partial charge in [-0.05, 0) is 64.7 Å². The Balaban J connectivity index is 1.33. The number of carbonyl (C=O) groups is 1. The van der Waals surface area contributed by atoms with Crippen LogP contribution in [0.15, 0.2) is 91.1 Å². The van der Waals surface area contributed by atoms with Crippen molar-refractivity contribution in [3.8, 4) is 22.5 Å². The molecule has 3 heterocycles. The number of nitrogens with zero attached hydrogens (tertiary/aromatic N) is 5. The fourth-order valence-electron chi connectivity index (χ4n) is 5.10. The van der Waals surface area contributed by atoms with Crippen LogP contribution in [0.4, 0.5) is 21.9 Å². The summed E-state index contributed by atoms with van der Waals surface area (Å²) in [4.78, 5) is 19.7. The second kappa shape index (κ2) is 10.7. The molecule has 3 N–H and O–H groups in total. The molecule has 9 nitrogen and oxygen atoms in total. The van der Waals surface area contributed by atoms with E-state index in [4.69, 9.17) is 0 Å². The summed E-state index contributed by atoms with van der Waals surface area (Å²) in [5, 5.41) is 20.4. The first-order chi connectivity index (χ1) is 19.1. The van der Waals surface area contributed by atoms with E-state index in [1.165, 1.54) is 5.56 Å². The fraction of sp³-hybridized carbons (Fsp3) is 0.167. The number of rotatable bonds is 6. The highest BCUT2D eigenvalue weighted by atomic mass is 16.2. The van der Waals surface area contributed by atoms with E-state index in [0.717, 1.165) is 53.3 Å². The summed E-state index contributed by atoms with van der Waals surface area (Å²) in [6, 6.07) is 28.1. The Morgan fingerprint density at radius 2 is 1.77 bits per heavy atom. The third kappa shape index (κ3) is 5.33. The van der Waals surface area contributed by atoms with E-state index in [9.17, 15) is 4.79 Å². The molecule has 9 heteroatoms. The van der Waals surface area contributed by atoms with Gasteiger partial charge in [0.2, 0.25) is 0 Å². The fourth-order valence-corrected chi connectivity index (χ4v) is 5.10. The lowest BCUT2D eigenvalue weighted by Crippen LogP contribution is -2.24. The molecule has 0 spiro atoms. The molecule has 1 fully saturated rings. The number of H-pyrrole nitrogens is 1. The van der Waals surface area contributed by atoms with Crippen molar-refractivity contribution in [3.63, 3.8) is 0 Å². The number of hydrogen-bond donors (Lipinski definition) is 3. The number of aromatic nitrogens is 5. The minimum Gasteiger partial charge on any atom is -0.369 e. The number of nitrogens with one attached hydrogen (secondary N) is 3. The van der Waals surface area contributed by atoms with Crippen molar-refractivity contribution >= 4 is 23.1 Å². The van der Waals surface area contributed by atoms with Crippen molar-refractivity contribution < 1.29 is 4.79 Å². The highest BCUT2D eigenvalue weighted by Crippen LogP contribution is 2.39. The Morgan fingerprint density at radius 3 is 2.54 bits per heavy atom. The number of aryl methyl sites for hydroxylation is 1. The quantitative estimate of drug-likeness (QED) is 0.260. The Hall–Kier alpha value is -5.05. The lowest BCUT2D eigenvalue weighted by Gasteiger charge is -2.24. The van der Waals surface area contributed by atoms with Crippen LogP contribution in [0.25, 0.3) is 22.5 Å². The molecule has 39 heavy (non-hydrogen) atoms. The Bertz CT molecular complexity index is 1570. The SMILES string of the molecule is Cc1ccc(NC(=O)Nc2cc(-c3ccccc3-c3nnn[nH]3)ccc2N2CCC(c3ccccc3)C2)cn1. The summed E-state index contributed by atoms with van der Waals surface area (Å²) in [5.74, 6) is 1.02. The normalized spacial score (nSPS) is 14.8. The molecule has 5 aromatic rings. The molecule has 2 amide bonds. The van der Waals surface area contributed by atoms with E-state index in [-0.39, 0.29) is 6.03 Å². The summed E-state index contributed by atoms with van der Waals surface area (Å²) in [6.07, 6.45) is 2.70. The summed E-state index contributed by atoms with van der Waals surface area (Å²) < 4.78 is 0. The standard InChI is InChI=1S/C30H28N8O/c1-20-11-13-24(18-31-20)32-30(39)33-27-17-22(25-9-5-6-10-26(25)29-34-36-37-35-29)12-14-28(27)38-16-15-23(19-38)21-7-3-2-4-8-21/h2-14,17-18,23H,15-16,19H2,1H3,(H2,32,33,39)(H,34,35,36,37). The van der Waals surface area contributed by atoms with E-state index in [2.05, 4.69) is 77.5 Å². The van der Waals surface area contributed by atoms with Gasteiger partial charge in [-0.1, -0.05) is 60.7 Å². The molecule has 0 saturated carbocycles. The van der Waals surface area contributed by atoms with E-state index < -0.39 is 0 Å². The number of tetrazole rings is 1. The molecule has 0 aliphatic carbocycles. The van der Waals surface area contributed by atoms with E-state index >= 15 is 0 Å². The van der Waals surface area contributed by atoms with E-state index in [1.54, 1.807) is 6.20 Å². The largest absolute Gasteiger partial charge is 0.369 e. The number of benzene rings is 3. The van der Waals surface area contributed by atoms with Gasteiger partial charge in [-0.15, -0.1) is 5.10 Å². The zero-order valence-corrected chi connectivity index (χ0v) is 21.5. The molecule has 6 rings (SSSR count). The number of urea groups is 1. The van der Waals surface area contributed by atoms with Gasteiger partial charge < -0.3 is 15.5 Å². The average molecular weight is 517 g/mol. The maximum Gasteiger partial charge on any atom is 0.323 e. The minimum absolute atomic E-state index is 0.328. The zero-order chi connectivity index (χ0) is 26.6. The molecule has 2 aromatic heterocycles. The molecule has 1 saturated heterocycles. The van der Waals surface area contributed by atoms with Crippen LogP contribution in [0.2, 0.25) is 0 Å². The first-order valence-corrected chi connectivity index (χ1v) is 12.9. The maximum atomic E-state index is 13.1. The van der Waals surface area contributed by atoms with Gasteiger partial charge in [-0.3, -0.25) is 4.98 Å². The van der Waals surface area contributed by atoms with Crippen molar-refractivity contribution in [2.24, 2.45) is 0 Å². The number of anilines is 3. The molecule has 0 radical (unpaired) electrons. The molecule has 1 aliphatic rings. The van der Waals surface area contributed by atoms with E-state index in [0.29, 0.717) is 17.4 Å². The van der Waals surface area contributed by atoms with Crippen LogP contribution in [0.5, 0.6) is 0 Å². The zero-order valence-electron chi connectivity index (χ0n) is 21.5. The van der Waals surface area contributed by atoms with Crippen LogP contribution in [0.3, 0.4) is 0 Å². The van der Waals surface area contributed by atoms with Crippen LogP contribution < -0.4 is 15.5 Å². The van der Waals surface area contributed by atoms with Gasteiger partial charge >= 0.3 is 6.03 Å².